The van der Waals surface area contributed by atoms with Gasteiger partial charge in [0.25, 0.3) is 0 Å². The Balaban J connectivity index is 1.44. The van der Waals surface area contributed by atoms with Gasteiger partial charge in [-0.2, -0.15) is 0 Å². The second-order valence-corrected chi connectivity index (χ2v) is 13.3. The summed E-state index contributed by atoms with van der Waals surface area (Å²) in [6, 6.07) is 18.1. The van der Waals surface area contributed by atoms with Gasteiger partial charge in [0, 0.05) is 17.1 Å². The summed E-state index contributed by atoms with van der Waals surface area (Å²) in [5.74, 6) is -0.0995. The lowest BCUT2D eigenvalue weighted by Gasteiger charge is -2.29. The summed E-state index contributed by atoms with van der Waals surface area (Å²) >= 11 is 0. The van der Waals surface area contributed by atoms with Gasteiger partial charge >= 0.3 is 0 Å². The number of carbonyl (C=O) groups is 3. The number of hydrogen-bond donors (Lipinski definition) is 3. The zero-order valence-electron chi connectivity index (χ0n) is 29.7. The van der Waals surface area contributed by atoms with Crippen LogP contribution in [0.3, 0.4) is 0 Å². The first-order chi connectivity index (χ1) is 23.0. The summed E-state index contributed by atoms with van der Waals surface area (Å²) < 4.78 is 0. The van der Waals surface area contributed by atoms with E-state index in [0.717, 1.165) is 109 Å². The van der Waals surface area contributed by atoms with E-state index in [0.29, 0.717) is 0 Å². The standard InChI is InChI=1S/C39H54N6O3/c1-28-13-7-14-29(2)37(28)40-34(46)25-43-19-10-21-44(26-35(47)41-38-30(3)15-8-16-31(38)4)23-12-24-45(22-11-20-43)27-36(48)42-39-32(5)17-9-18-33(39)6/h7-9,13-18H,10-12,19-27H2,1-6H3,(H,40,46)(H,41,47)(H,42,48). The van der Waals surface area contributed by atoms with Crippen molar-refractivity contribution in [3.05, 3.63) is 88.0 Å². The Labute approximate surface area is 287 Å². The third-order valence-electron chi connectivity index (χ3n) is 9.18. The average Bonchev–Trinajstić information content (AvgIpc) is 3.02. The Morgan fingerprint density at radius 3 is 0.854 bits per heavy atom. The fourth-order valence-electron chi connectivity index (χ4n) is 6.54. The third kappa shape index (κ3) is 11.0. The van der Waals surface area contributed by atoms with Crippen molar-refractivity contribution in [2.24, 2.45) is 0 Å². The lowest BCUT2D eigenvalue weighted by molar-refractivity contribution is -0.117. The van der Waals surface area contributed by atoms with Gasteiger partial charge in [-0.15, -0.1) is 0 Å². The van der Waals surface area contributed by atoms with E-state index in [9.17, 15) is 14.4 Å². The Morgan fingerprint density at radius 1 is 0.438 bits per heavy atom. The van der Waals surface area contributed by atoms with Crippen LogP contribution in [0.15, 0.2) is 54.6 Å². The summed E-state index contributed by atoms with van der Waals surface area (Å²) in [6.45, 7) is 17.3. The lowest BCUT2D eigenvalue weighted by atomic mass is 10.1. The van der Waals surface area contributed by atoms with Crippen LogP contribution in [0.5, 0.6) is 0 Å². The van der Waals surface area contributed by atoms with Crippen LogP contribution in [-0.2, 0) is 14.4 Å². The van der Waals surface area contributed by atoms with E-state index in [1.54, 1.807) is 0 Å². The predicted molar refractivity (Wildman–Crippen MR) is 197 cm³/mol. The van der Waals surface area contributed by atoms with Gasteiger partial charge in [-0.3, -0.25) is 29.1 Å². The van der Waals surface area contributed by atoms with Crippen LogP contribution >= 0.6 is 0 Å². The number of benzene rings is 3. The Morgan fingerprint density at radius 2 is 0.646 bits per heavy atom. The molecule has 9 nitrogen and oxygen atoms in total. The molecule has 0 atom stereocenters. The number of nitrogens with zero attached hydrogens (tertiary/aromatic N) is 3. The van der Waals surface area contributed by atoms with E-state index >= 15 is 0 Å². The van der Waals surface area contributed by atoms with Gasteiger partial charge in [0.15, 0.2) is 0 Å². The minimum absolute atomic E-state index is 0.0332. The van der Waals surface area contributed by atoms with Crippen molar-refractivity contribution in [1.82, 2.24) is 14.7 Å². The fourth-order valence-corrected chi connectivity index (χ4v) is 6.54. The third-order valence-corrected chi connectivity index (χ3v) is 9.18. The highest BCUT2D eigenvalue weighted by Gasteiger charge is 2.19. The van der Waals surface area contributed by atoms with Crippen LogP contribution in [0.25, 0.3) is 0 Å². The number of aryl methyl sites for hydroxylation is 6. The SMILES string of the molecule is Cc1cccc(C)c1NC(=O)CN1CCCN(CC(=O)Nc2c(C)cccc2C)CCCN(CC(=O)Nc2c(C)cccc2C)CCC1. The number of carbonyl (C=O) groups excluding carboxylic acids is 3. The largest absolute Gasteiger partial charge is 0.324 e. The van der Waals surface area contributed by atoms with E-state index in [1.807, 2.05) is 96.1 Å². The number of hydrogen-bond acceptors (Lipinski definition) is 6. The molecule has 258 valence electrons. The highest BCUT2D eigenvalue weighted by molar-refractivity contribution is 5.95. The minimum atomic E-state index is -0.0332. The van der Waals surface area contributed by atoms with Gasteiger partial charge in [0.2, 0.25) is 17.7 Å². The van der Waals surface area contributed by atoms with E-state index < -0.39 is 0 Å². The quantitative estimate of drug-likeness (QED) is 0.268. The molecule has 48 heavy (non-hydrogen) atoms. The molecule has 1 heterocycles. The van der Waals surface area contributed by atoms with Crippen molar-refractivity contribution >= 4 is 34.8 Å². The van der Waals surface area contributed by atoms with E-state index in [-0.39, 0.29) is 37.4 Å². The van der Waals surface area contributed by atoms with Gasteiger partial charge in [0.05, 0.1) is 19.6 Å². The highest BCUT2D eigenvalue weighted by atomic mass is 16.2. The Hall–Kier alpha value is -4.05. The number of amides is 3. The molecule has 3 aromatic rings. The molecule has 3 amide bonds. The average molecular weight is 655 g/mol. The fraction of sp³-hybridized carbons (Fsp3) is 0.462. The van der Waals surface area contributed by atoms with Crippen molar-refractivity contribution in [1.29, 1.82) is 0 Å². The Bertz CT molecular complexity index is 1310. The summed E-state index contributed by atoms with van der Waals surface area (Å²) in [7, 11) is 0. The van der Waals surface area contributed by atoms with E-state index in [4.69, 9.17) is 0 Å². The molecule has 1 aliphatic rings. The maximum absolute atomic E-state index is 13.3. The van der Waals surface area contributed by atoms with Gasteiger partial charge in [-0.1, -0.05) is 54.6 Å². The molecule has 3 N–H and O–H groups in total. The first kappa shape index (κ1) is 36.8. The number of anilines is 3. The molecule has 0 aliphatic carbocycles. The lowest BCUT2D eigenvalue weighted by Crippen LogP contribution is -2.42. The molecule has 0 saturated carbocycles. The van der Waals surface area contributed by atoms with Gasteiger partial charge < -0.3 is 16.0 Å². The molecule has 0 spiro atoms. The highest BCUT2D eigenvalue weighted by Crippen LogP contribution is 2.21. The Kier molecular flexibility index (Phi) is 13.7. The number of rotatable bonds is 9. The normalized spacial score (nSPS) is 15.6. The molecule has 0 aromatic heterocycles. The van der Waals surface area contributed by atoms with Crippen molar-refractivity contribution in [2.75, 3.05) is 74.9 Å². The van der Waals surface area contributed by atoms with Gasteiger partial charge in [-0.05, 0) is 133 Å². The predicted octanol–water partition coefficient (Wildman–Crippen LogP) is 5.84. The van der Waals surface area contributed by atoms with Crippen LogP contribution in [0.4, 0.5) is 17.1 Å². The molecule has 0 radical (unpaired) electrons. The van der Waals surface area contributed by atoms with Crippen LogP contribution in [-0.4, -0.2) is 91.3 Å². The summed E-state index contributed by atoms with van der Waals surface area (Å²) in [4.78, 5) is 46.4. The topological polar surface area (TPSA) is 97.0 Å². The maximum Gasteiger partial charge on any atom is 0.238 e. The second-order valence-electron chi connectivity index (χ2n) is 13.3. The maximum atomic E-state index is 13.3. The molecule has 4 rings (SSSR count). The molecule has 1 aliphatic heterocycles. The monoisotopic (exact) mass is 654 g/mol. The van der Waals surface area contributed by atoms with Gasteiger partial charge in [-0.25, -0.2) is 0 Å². The van der Waals surface area contributed by atoms with E-state index in [2.05, 4.69) is 30.7 Å². The molecule has 1 fully saturated rings. The molecule has 3 aromatic carbocycles. The molecule has 0 unspecified atom stereocenters. The van der Waals surface area contributed by atoms with Gasteiger partial charge in [0.1, 0.15) is 0 Å². The molecular weight excluding hydrogens is 600 g/mol. The zero-order chi connectivity index (χ0) is 34.6. The summed E-state index contributed by atoms with van der Waals surface area (Å²) in [6.07, 6.45) is 2.53. The van der Waals surface area contributed by atoms with Crippen molar-refractivity contribution in [3.8, 4) is 0 Å². The molecular formula is C39H54N6O3. The molecule has 1 saturated heterocycles. The van der Waals surface area contributed by atoms with Crippen LogP contribution < -0.4 is 16.0 Å². The first-order valence-corrected chi connectivity index (χ1v) is 17.3. The number of para-hydroxylation sites is 3. The number of nitrogens with one attached hydrogen (secondary N) is 3. The smallest absolute Gasteiger partial charge is 0.238 e. The van der Waals surface area contributed by atoms with E-state index in [1.165, 1.54) is 0 Å². The summed E-state index contributed by atoms with van der Waals surface area (Å²) in [5, 5.41) is 9.42. The van der Waals surface area contributed by atoms with Crippen LogP contribution in [0, 0.1) is 41.5 Å². The summed E-state index contributed by atoms with van der Waals surface area (Å²) in [5.41, 5.74) is 8.88. The molecule has 9 heteroatoms. The van der Waals surface area contributed by atoms with Crippen molar-refractivity contribution < 1.29 is 14.4 Å². The first-order valence-electron chi connectivity index (χ1n) is 17.3. The van der Waals surface area contributed by atoms with Crippen LogP contribution in [0.2, 0.25) is 0 Å². The minimum Gasteiger partial charge on any atom is -0.324 e. The van der Waals surface area contributed by atoms with Crippen molar-refractivity contribution in [2.45, 2.75) is 60.8 Å². The second kappa shape index (κ2) is 17.9. The van der Waals surface area contributed by atoms with Crippen LogP contribution in [0.1, 0.15) is 52.6 Å². The zero-order valence-corrected chi connectivity index (χ0v) is 29.7. The van der Waals surface area contributed by atoms with Crippen molar-refractivity contribution in [3.63, 3.8) is 0 Å². The molecule has 0 bridgehead atoms.